The molecule has 2 rings (SSSR count). The second-order valence-corrected chi connectivity index (χ2v) is 4.12. The Balaban J connectivity index is 2.14. The highest BCUT2D eigenvalue weighted by atomic mass is 16.5. The first kappa shape index (κ1) is 13.3. The summed E-state index contributed by atoms with van der Waals surface area (Å²) in [5.74, 6) is 5.74. The van der Waals surface area contributed by atoms with Crippen molar-refractivity contribution in [1.82, 2.24) is 5.48 Å². The molecule has 3 heteroatoms. The summed E-state index contributed by atoms with van der Waals surface area (Å²) < 4.78 is 0. The molecule has 0 aromatic heterocycles. The van der Waals surface area contributed by atoms with Crippen LogP contribution in [-0.2, 0) is 6.54 Å². The zero-order chi connectivity index (χ0) is 13.5. The lowest BCUT2D eigenvalue weighted by Gasteiger charge is -2.06. The predicted molar refractivity (Wildman–Crippen MR) is 73.3 cm³/mol. The fourth-order valence-corrected chi connectivity index (χ4v) is 1.72. The maximum atomic E-state index is 10.0. The molecule has 3 N–H and O–H groups in total. The Kier molecular flexibility index (Phi) is 4.71. The number of hydrogen-bond donors (Lipinski definition) is 3. The van der Waals surface area contributed by atoms with Gasteiger partial charge in [-0.25, -0.2) is 5.48 Å². The topological polar surface area (TPSA) is 52.5 Å². The lowest BCUT2D eigenvalue weighted by atomic mass is 10.1. The highest BCUT2D eigenvalue weighted by molar-refractivity contribution is 5.37. The molecule has 0 aliphatic heterocycles. The fourth-order valence-electron chi connectivity index (χ4n) is 1.72. The molecule has 0 aliphatic rings. The number of hydrogen-bond acceptors (Lipinski definition) is 3. The van der Waals surface area contributed by atoms with Crippen molar-refractivity contribution in [1.29, 1.82) is 0 Å². The Morgan fingerprint density at radius 1 is 1.05 bits per heavy atom. The minimum Gasteiger partial charge on any atom is -0.376 e. The summed E-state index contributed by atoms with van der Waals surface area (Å²) in [5.41, 5.74) is 4.57. The number of rotatable bonds is 3. The van der Waals surface area contributed by atoms with Gasteiger partial charge in [0.05, 0.1) is 0 Å². The summed E-state index contributed by atoms with van der Waals surface area (Å²) in [4.78, 5) is 0. The van der Waals surface area contributed by atoms with E-state index in [1.807, 2.05) is 54.6 Å². The minimum atomic E-state index is -0.834. The van der Waals surface area contributed by atoms with Crippen LogP contribution in [-0.4, -0.2) is 10.3 Å². The summed E-state index contributed by atoms with van der Waals surface area (Å²) in [6.45, 7) is 0.340. The standard InChI is InChI=1S/C16H15NO2/c18-16(10-9-13-5-2-1-3-6-13)15-8-4-7-14(11-15)12-17-19/h1-8,11,16-19H,12H2. The molecule has 0 heterocycles. The molecule has 0 spiro atoms. The highest BCUT2D eigenvalue weighted by Gasteiger charge is 2.04. The van der Waals surface area contributed by atoms with Gasteiger partial charge in [-0.05, 0) is 23.3 Å². The quantitative estimate of drug-likeness (QED) is 0.581. The summed E-state index contributed by atoms with van der Waals surface area (Å²) in [6, 6.07) is 16.8. The average Bonchev–Trinajstić information content (AvgIpc) is 2.46. The molecule has 0 saturated heterocycles. The molecule has 0 amide bonds. The number of aliphatic hydroxyl groups excluding tert-OH is 1. The molecular weight excluding hydrogens is 238 g/mol. The first-order valence-electron chi connectivity index (χ1n) is 6.00. The third-order valence-electron chi connectivity index (χ3n) is 2.68. The monoisotopic (exact) mass is 253 g/mol. The Labute approximate surface area is 112 Å². The Morgan fingerprint density at radius 2 is 1.84 bits per heavy atom. The van der Waals surface area contributed by atoms with E-state index < -0.39 is 6.10 Å². The van der Waals surface area contributed by atoms with Crippen LogP contribution in [0.15, 0.2) is 54.6 Å². The molecule has 1 atom stereocenters. The third-order valence-corrected chi connectivity index (χ3v) is 2.68. The highest BCUT2D eigenvalue weighted by Crippen LogP contribution is 2.14. The van der Waals surface area contributed by atoms with Gasteiger partial charge in [-0.1, -0.05) is 54.3 Å². The lowest BCUT2D eigenvalue weighted by molar-refractivity contribution is 0.161. The molecule has 0 aliphatic carbocycles. The molecule has 19 heavy (non-hydrogen) atoms. The van der Waals surface area contributed by atoms with Crippen molar-refractivity contribution in [3.05, 3.63) is 71.3 Å². The Bertz CT molecular complexity index is 584. The maximum Gasteiger partial charge on any atom is 0.140 e. The van der Waals surface area contributed by atoms with Crippen molar-refractivity contribution >= 4 is 0 Å². The second-order valence-electron chi connectivity index (χ2n) is 4.12. The Morgan fingerprint density at radius 3 is 2.58 bits per heavy atom. The van der Waals surface area contributed by atoms with Crippen molar-refractivity contribution in [2.45, 2.75) is 12.6 Å². The van der Waals surface area contributed by atoms with Gasteiger partial charge in [0.25, 0.3) is 0 Å². The van der Waals surface area contributed by atoms with Crippen LogP contribution < -0.4 is 5.48 Å². The number of nitrogens with one attached hydrogen (secondary N) is 1. The normalized spacial score (nSPS) is 11.5. The molecule has 0 saturated carbocycles. The summed E-state index contributed by atoms with van der Waals surface area (Å²) >= 11 is 0. The largest absolute Gasteiger partial charge is 0.376 e. The zero-order valence-corrected chi connectivity index (χ0v) is 10.4. The summed E-state index contributed by atoms with van der Waals surface area (Å²) in [5, 5.41) is 18.7. The van der Waals surface area contributed by atoms with E-state index in [1.54, 1.807) is 0 Å². The maximum absolute atomic E-state index is 10.0. The van der Waals surface area contributed by atoms with Gasteiger partial charge < -0.3 is 10.3 Å². The van der Waals surface area contributed by atoms with Gasteiger partial charge in [-0.15, -0.1) is 0 Å². The van der Waals surface area contributed by atoms with Crippen LogP contribution in [0.3, 0.4) is 0 Å². The molecule has 96 valence electrons. The van der Waals surface area contributed by atoms with E-state index in [-0.39, 0.29) is 0 Å². The summed E-state index contributed by atoms with van der Waals surface area (Å²) in [7, 11) is 0. The minimum absolute atomic E-state index is 0.340. The molecule has 2 aromatic carbocycles. The van der Waals surface area contributed by atoms with Gasteiger partial charge in [-0.2, -0.15) is 0 Å². The van der Waals surface area contributed by atoms with Gasteiger partial charge >= 0.3 is 0 Å². The SMILES string of the molecule is ONCc1cccc(C(O)C#Cc2ccccc2)c1. The number of hydroxylamine groups is 1. The van der Waals surface area contributed by atoms with E-state index in [2.05, 4.69) is 17.3 Å². The van der Waals surface area contributed by atoms with Crippen molar-refractivity contribution in [3.63, 3.8) is 0 Å². The number of aliphatic hydroxyl groups is 1. The molecule has 0 bridgehead atoms. The molecule has 2 aromatic rings. The van der Waals surface area contributed by atoms with Crippen LogP contribution >= 0.6 is 0 Å². The van der Waals surface area contributed by atoms with Gasteiger partial charge in [0, 0.05) is 12.1 Å². The average molecular weight is 253 g/mol. The first-order chi connectivity index (χ1) is 9.29. The molecular formula is C16H15NO2. The van der Waals surface area contributed by atoms with Crippen LogP contribution in [0.1, 0.15) is 22.8 Å². The predicted octanol–water partition coefficient (Wildman–Crippen LogP) is 2.25. The van der Waals surface area contributed by atoms with Gasteiger partial charge in [0.15, 0.2) is 0 Å². The molecule has 3 nitrogen and oxygen atoms in total. The van der Waals surface area contributed by atoms with Crippen LogP contribution in [0.2, 0.25) is 0 Å². The fraction of sp³-hybridized carbons (Fsp3) is 0.125. The first-order valence-corrected chi connectivity index (χ1v) is 6.00. The number of benzene rings is 2. The van der Waals surface area contributed by atoms with Crippen molar-refractivity contribution < 1.29 is 10.3 Å². The van der Waals surface area contributed by atoms with E-state index in [0.29, 0.717) is 6.54 Å². The molecule has 1 unspecified atom stereocenters. The van der Waals surface area contributed by atoms with Crippen LogP contribution in [0.25, 0.3) is 0 Å². The van der Waals surface area contributed by atoms with E-state index in [4.69, 9.17) is 5.21 Å². The van der Waals surface area contributed by atoms with Crippen molar-refractivity contribution in [3.8, 4) is 11.8 Å². The van der Waals surface area contributed by atoms with Crippen LogP contribution in [0, 0.1) is 11.8 Å². The lowest BCUT2D eigenvalue weighted by Crippen LogP contribution is -2.06. The Hall–Kier alpha value is -2.12. The van der Waals surface area contributed by atoms with E-state index in [1.165, 1.54) is 0 Å². The van der Waals surface area contributed by atoms with E-state index in [9.17, 15) is 5.11 Å². The molecule has 0 radical (unpaired) electrons. The van der Waals surface area contributed by atoms with Gasteiger partial charge in [0.1, 0.15) is 6.10 Å². The van der Waals surface area contributed by atoms with Crippen molar-refractivity contribution in [2.75, 3.05) is 0 Å². The zero-order valence-electron chi connectivity index (χ0n) is 10.4. The third kappa shape index (κ3) is 3.94. The van der Waals surface area contributed by atoms with E-state index in [0.717, 1.165) is 16.7 Å². The molecule has 0 fully saturated rings. The van der Waals surface area contributed by atoms with Gasteiger partial charge in [0.2, 0.25) is 0 Å². The summed E-state index contributed by atoms with van der Waals surface area (Å²) in [6.07, 6.45) is -0.834. The smallest absolute Gasteiger partial charge is 0.140 e. The van der Waals surface area contributed by atoms with E-state index >= 15 is 0 Å². The van der Waals surface area contributed by atoms with Gasteiger partial charge in [-0.3, -0.25) is 0 Å². The van der Waals surface area contributed by atoms with Crippen LogP contribution in [0.4, 0.5) is 0 Å². The van der Waals surface area contributed by atoms with Crippen molar-refractivity contribution in [2.24, 2.45) is 0 Å². The second kappa shape index (κ2) is 6.72. The van der Waals surface area contributed by atoms with Crippen LogP contribution in [0.5, 0.6) is 0 Å².